The van der Waals surface area contributed by atoms with Gasteiger partial charge in [0.15, 0.2) is 11.5 Å². The van der Waals surface area contributed by atoms with Crippen molar-refractivity contribution in [2.45, 2.75) is 43.3 Å². The molecule has 156 valence electrons. The highest BCUT2D eigenvalue weighted by Crippen LogP contribution is 2.54. The van der Waals surface area contributed by atoms with Gasteiger partial charge in [0, 0.05) is 19.6 Å². The molecule has 2 bridgehead atoms. The van der Waals surface area contributed by atoms with Crippen molar-refractivity contribution in [3.05, 3.63) is 59.7 Å². The van der Waals surface area contributed by atoms with Crippen molar-refractivity contribution in [2.75, 3.05) is 21.3 Å². The van der Waals surface area contributed by atoms with Gasteiger partial charge in [0.25, 0.3) is 0 Å². The maximum atomic E-state index is 9.33. The molecule has 0 N–H and O–H groups in total. The second-order valence-corrected chi connectivity index (χ2v) is 8.13. The zero-order chi connectivity index (χ0) is 21.2. The quantitative estimate of drug-likeness (QED) is 0.597. The summed E-state index contributed by atoms with van der Waals surface area (Å²) in [6, 6.07) is 15.8. The number of rotatable bonds is 7. The van der Waals surface area contributed by atoms with Gasteiger partial charge in [-0.1, -0.05) is 18.2 Å². The monoisotopic (exact) mass is 405 g/mol. The molecule has 5 nitrogen and oxygen atoms in total. The van der Waals surface area contributed by atoms with Crippen molar-refractivity contribution in [1.82, 2.24) is 0 Å². The van der Waals surface area contributed by atoms with Crippen LogP contribution in [0.5, 0.6) is 17.2 Å². The molecule has 0 radical (unpaired) electrons. The standard InChI is InChI=1S/C25H27NO4/c1-27-22-9-6-19(16-23(22)28-2)21(10-15-26)18-4-7-20(8-5-18)30-25-13-11-24(17-25,29-3)12-14-25/h4-10,16H,11-14,17H2,1-3H3. The number of benzene rings is 2. The molecule has 5 heteroatoms. The number of hydrogen-bond donors (Lipinski definition) is 0. The number of hydrogen-bond acceptors (Lipinski definition) is 5. The third-order valence-corrected chi connectivity index (χ3v) is 6.55. The van der Waals surface area contributed by atoms with Gasteiger partial charge in [-0.05, 0) is 66.6 Å². The molecular weight excluding hydrogens is 378 g/mol. The summed E-state index contributed by atoms with van der Waals surface area (Å²) >= 11 is 0. The SMILES string of the molecule is COc1ccc(C(=CC#N)c2ccc(OC34CCC(OC)(CC3)C4)cc2)cc1OC. The van der Waals surface area contributed by atoms with Gasteiger partial charge in [-0.2, -0.15) is 5.26 Å². The lowest BCUT2D eigenvalue weighted by atomic mass is 9.95. The van der Waals surface area contributed by atoms with E-state index in [4.69, 9.17) is 18.9 Å². The van der Waals surface area contributed by atoms with E-state index in [-0.39, 0.29) is 11.2 Å². The summed E-state index contributed by atoms with van der Waals surface area (Å²) < 4.78 is 23.0. The molecule has 30 heavy (non-hydrogen) atoms. The third kappa shape index (κ3) is 3.64. The van der Waals surface area contributed by atoms with Crippen LogP contribution in [-0.2, 0) is 4.74 Å². The smallest absolute Gasteiger partial charge is 0.161 e. The van der Waals surface area contributed by atoms with Crippen LogP contribution in [0.3, 0.4) is 0 Å². The molecule has 2 saturated carbocycles. The zero-order valence-corrected chi connectivity index (χ0v) is 17.7. The lowest BCUT2D eigenvalue weighted by Crippen LogP contribution is -2.30. The Hall–Kier alpha value is -2.97. The highest BCUT2D eigenvalue weighted by atomic mass is 16.5. The van der Waals surface area contributed by atoms with E-state index >= 15 is 0 Å². The molecule has 0 saturated heterocycles. The van der Waals surface area contributed by atoms with Gasteiger partial charge in [-0.25, -0.2) is 0 Å². The van der Waals surface area contributed by atoms with E-state index in [1.54, 1.807) is 20.3 Å². The van der Waals surface area contributed by atoms with E-state index in [0.717, 1.165) is 54.6 Å². The molecule has 0 atom stereocenters. The fourth-order valence-electron chi connectivity index (χ4n) is 4.87. The summed E-state index contributed by atoms with van der Waals surface area (Å²) in [6.07, 6.45) is 6.72. The Labute approximate surface area is 177 Å². The predicted octanol–water partition coefficient (Wildman–Crippen LogP) is 5.14. The molecule has 0 aromatic heterocycles. The maximum Gasteiger partial charge on any atom is 0.161 e. The normalized spacial score (nSPS) is 25.1. The van der Waals surface area contributed by atoms with Crippen molar-refractivity contribution >= 4 is 5.57 Å². The molecule has 0 heterocycles. The summed E-state index contributed by atoms with van der Waals surface area (Å²) in [4.78, 5) is 0. The Morgan fingerprint density at radius 2 is 1.50 bits per heavy atom. The van der Waals surface area contributed by atoms with Crippen molar-refractivity contribution in [3.8, 4) is 23.3 Å². The molecule has 4 rings (SSSR count). The van der Waals surface area contributed by atoms with E-state index < -0.39 is 0 Å². The summed E-state index contributed by atoms with van der Waals surface area (Å²) in [7, 11) is 5.02. The van der Waals surface area contributed by atoms with Crippen LogP contribution in [0.25, 0.3) is 5.57 Å². The number of allylic oxidation sites excluding steroid dienone is 1. The second-order valence-electron chi connectivity index (χ2n) is 8.13. The third-order valence-electron chi connectivity index (χ3n) is 6.55. The zero-order valence-electron chi connectivity index (χ0n) is 17.7. The molecule has 2 aliphatic carbocycles. The topological polar surface area (TPSA) is 60.7 Å². The summed E-state index contributed by atoms with van der Waals surface area (Å²) in [5.74, 6) is 2.14. The molecule has 2 aromatic carbocycles. The minimum Gasteiger partial charge on any atom is -0.493 e. The number of nitrogens with zero attached hydrogens (tertiary/aromatic N) is 1. The van der Waals surface area contributed by atoms with E-state index in [0.29, 0.717) is 11.5 Å². The van der Waals surface area contributed by atoms with E-state index in [2.05, 4.69) is 6.07 Å². The first-order valence-electron chi connectivity index (χ1n) is 10.2. The Kier molecular flexibility index (Phi) is 5.44. The van der Waals surface area contributed by atoms with Gasteiger partial charge in [0.05, 0.1) is 25.9 Å². The molecule has 0 spiro atoms. The summed E-state index contributed by atoms with van der Waals surface area (Å²) in [5, 5.41) is 9.33. The van der Waals surface area contributed by atoms with Crippen molar-refractivity contribution in [3.63, 3.8) is 0 Å². The van der Waals surface area contributed by atoms with Crippen LogP contribution in [0.1, 0.15) is 43.2 Å². The van der Waals surface area contributed by atoms with Crippen LogP contribution in [-0.4, -0.2) is 32.5 Å². The fraction of sp³-hybridized carbons (Fsp3) is 0.400. The Morgan fingerprint density at radius 1 is 0.867 bits per heavy atom. The number of ether oxygens (including phenoxy) is 4. The molecule has 2 aliphatic rings. The van der Waals surface area contributed by atoms with Gasteiger partial charge in [0.2, 0.25) is 0 Å². The van der Waals surface area contributed by atoms with Gasteiger partial charge >= 0.3 is 0 Å². The Bertz CT molecular complexity index is 979. The van der Waals surface area contributed by atoms with E-state index in [1.807, 2.05) is 49.6 Å². The van der Waals surface area contributed by atoms with E-state index in [9.17, 15) is 5.26 Å². The first kappa shape index (κ1) is 20.3. The lowest BCUT2D eigenvalue weighted by Gasteiger charge is -2.28. The molecule has 0 aliphatic heterocycles. The van der Waals surface area contributed by atoms with Crippen LogP contribution >= 0.6 is 0 Å². The van der Waals surface area contributed by atoms with Gasteiger partial charge < -0.3 is 18.9 Å². The number of methoxy groups -OCH3 is 3. The van der Waals surface area contributed by atoms with Crippen molar-refractivity contribution in [1.29, 1.82) is 5.26 Å². The van der Waals surface area contributed by atoms with Crippen LogP contribution in [0.4, 0.5) is 0 Å². The fourth-order valence-corrected chi connectivity index (χ4v) is 4.87. The summed E-state index contributed by atoms with van der Waals surface area (Å²) in [6.45, 7) is 0. The molecule has 0 amide bonds. The second kappa shape index (κ2) is 8.04. The van der Waals surface area contributed by atoms with Gasteiger partial charge in [0.1, 0.15) is 11.4 Å². The Morgan fingerprint density at radius 3 is 2.07 bits per heavy atom. The van der Waals surface area contributed by atoms with Crippen molar-refractivity contribution < 1.29 is 18.9 Å². The van der Waals surface area contributed by atoms with Gasteiger partial charge in [-0.3, -0.25) is 0 Å². The molecule has 2 fully saturated rings. The Balaban J connectivity index is 1.56. The van der Waals surface area contributed by atoms with Crippen LogP contribution < -0.4 is 14.2 Å². The van der Waals surface area contributed by atoms with Gasteiger partial charge in [-0.15, -0.1) is 0 Å². The largest absolute Gasteiger partial charge is 0.493 e. The number of nitriles is 1. The first-order valence-corrected chi connectivity index (χ1v) is 10.2. The van der Waals surface area contributed by atoms with Crippen LogP contribution in [0.15, 0.2) is 48.5 Å². The van der Waals surface area contributed by atoms with Crippen LogP contribution in [0, 0.1) is 11.3 Å². The molecular formula is C25H27NO4. The van der Waals surface area contributed by atoms with Crippen LogP contribution in [0.2, 0.25) is 0 Å². The summed E-state index contributed by atoms with van der Waals surface area (Å²) in [5.41, 5.74) is 2.56. The minimum atomic E-state index is -0.105. The average Bonchev–Trinajstić information content (AvgIpc) is 3.34. The highest BCUT2D eigenvalue weighted by Gasteiger charge is 2.56. The highest BCUT2D eigenvalue weighted by molar-refractivity contribution is 5.82. The minimum absolute atomic E-state index is 0.00999. The molecule has 2 aromatic rings. The average molecular weight is 405 g/mol. The number of fused-ring (bicyclic) bond motifs is 2. The van der Waals surface area contributed by atoms with Crippen molar-refractivity contribution in [2.24, 2.45) is 0 Å². The predicted molar refractivity (Wildman–Crippen MR) is 115 cm³/mol. The first-order chi connectivity index (χ1) is 14.6. The van der Waals surface area contributed by atoms with E-state index in [1.165, 1.54) is 0 Å². The maximum absolute atomic E-state index is 9.33. The lowest BCUT2D eigenvalue weighted by molar-refractivity contribution is -0.000560. The molecule has 0 unspecified atom stereocenters.